The highest BCUT2D eigenvalue weighted by Crippen LogP contribution is 2.22. The summed E-state index contributed by atoms with van der Waals surface area (Å²) in [5.41, 5.74) is 3.02. The van der Waals surface area contributed by atoms with Crippen molar-refractivity contribution in [3.05, 3.63) is 84.2 Å². The number of amides is 1. The highest BCUT2D eigenvalue weighted by Gasteiger charge is 2.23. The zero-order valence-corrected chi connectivity index (χ0v) is 17.4. The molecular weight excluding hydrogens is 411 g/mol. The lowest BCUT2D eigenvalue weighted by Gasteiger charge is -2.22. The van der Waals surface area contributed by atoms with Crippen molar-refractivity contribution >= 4 is 22.8 Å². The molecule has 4 rings (SSSR count). The van der Waals surface area contributed by atoms with Crippen molar-refractivity contribution in [3.63, 3.8) is 0 Å². The molecule has 1 N–H and O–H groups in total. The van der Waals surface area contributed by atoms with Crippen molar-refractivity contribution in [1.29, 1.82) is 0 Å². The molecule has 0 aliphatic heterocycles. The van der Waals surface area contributed by atoms with Crippen molar-refractivity contribution in [2.75, 3.05) is 13.3 Å². The van der Waals surface area contributed by atoms with Crippen LogP contribution in [0.5, 0.6) is 0 Å². The summed E-state index contributed by atoms with van der Waals surface area (Å²) in [5, 5.41) is 0.745. The molecule has 2 heterocycles. The summed E-state index contributed by atoms with van der Waals surface area (Å²) in [6, 6.07) is 13.8. The number of nitrogens with zero attached hydrogens (tertiary/aromatic N) is 3. The molecule has 0 atom stereocenters. The van der Waals surface area contributed by atoms with E-state index in [2.05, 4.69) is 15.0 Å². The predicted molar refractivity (Wildman–Crippen MR) is 117 cm³/mol. The van der Waals surface area contributed by atoms with Gasteiger partial charge in [-0.05, 0) is 30.2 Å². The first kappa shape index (κ1) is 21.2. The lowest BCUT2D eigenvalue weighted by atomic mass is 10.1. The first-order valence-electron chi connectivity index (χ1n) is 10.1. The van der Waals surface area contributed by atoms with Crippen LogP contribution >= 0.6 is 0 Å². The molecule has 8 heteroatoms. The van der Waals surface area contributed by atoms with Crippen LogP contribution in [0, 0.1) is 5.82 Å². The quantitative estimate of drug-likeness (QED) is 0.353. The van der Waals surface area contributed by atoms with Crippen LogP contribution in [0.4, 0.5) is 4.39 Å². The molecule has 2 aromatic carbocycles. The van der Waals surface area contributed by atoms with Gasteiger partial charge in [-0.2, -0.15) is 0 Å². The Morgan fingerprint density at radius 2 is 1.88 bits per heavy atom. The van der Waals surface area contributed by atoms with E-state index in [4.69, 9.17) is 4.74 Å². The number of carbonyl (C=O) groups is 2. The summed E-state index contributed by atoms with van der Waals surface area (Å²) in [7, 11) is 0. The largest absolute Gasteiger partial charge is 0.444 e. The molecule has 0 aliphatic rings. The number of carbonyl (C=O) groups excluding carboxylic acids is 2. The average Bonchev–Trinajstić information content (AvgIpc) is 3.21. The summed E-state index contributed by atoms with van der Waals surface area (Å²) in [6.45, 7) is 1.29. The number of rotatable bonds is 7. The molecule has 32 heavy (non-hydrogen) atoms. The SMILES string of the molecule is CC(=O)OCN(CCc1c[nH]c2ccc(F)cc12)C(=O)c1nccnc1-c1ccccc1. The number of fused-ring (bicyclic) bond motifs is 1. The minimum atomic E-state index is -0.501. The van der Waals surface area contributed by atoms with Gasteiger partial charge >= 0.3 is 5.97 Å². The number of hydrogen-bond acceptors (Lipinski definition) is 5. The number of ether oxygens (including phenoxy) is 1. The molecule has 0 spiro atoms. The Kier molecular flexibility index (Phi) is 6.21. The lowest BCUT2D eigenvalue weighted by Crippen LogP contribution is -2.36. The molecule has 0 unspecified atom stereocenters. The molecule has 0 saturated heterocycles. The fraction of sp³-hybridized carbons (Fsp3) is 0.167. The number of hydrogen-bond donors (Lipinski definition) is 1. The predicted octanol–water partition coefficient (Wildman–Crippen LogP) is 3.97. The van der Waals surface area contributed by atoms with E-state index in [0.717, 1.165) is 22.0 Å². The van der Waals surface area contributed by atoms with E-state index in [1.54, 1.807) is 12.3 Å². The number of H-pyrrole nitrogens is 1. The van der Waals surface area contributed by atoms with Crippen molar-refractivity contribution < 1.29 is 18.7 Å². The van der Waals surface area contributed by atoms with Gasteiger partial charge in [-0.3, -0.25) is 14.6 Å². The fourth-order valence-electron chi connectivity index (χ4n) is 3.46. The smallest absolute Gasteiger partial charge is 0.304 e. The maximum absolute atomic E-state index is 13.7. The number of aromatic nitrogens is 3. The second kappa shape index (κ2) is 9.38. The van der Waals surface area contributed by atoms with E-state index < -0.39 is 11.9 Å². The van der Waals surface area contributed by atoms with Gasteiger partial charge in [-0.15, -0.1) is 0 Å². The lowest BCUT2D eigenvalue weighted by molar-refractivity contribution is -0.144. The van der Waals surface area contributed by atoms with Crippen LogP contribution in [-0.4, -0.2) is 45.0 Å². The van der Waals surface area contributed by atoms with Crippen LogP contribution in [0.15, 0.2) is 67.1 Å². The Labute approximate surface area is 183 Å². The monoisotopic (exact) mass is 432 g/mol. The van der Waals surface area contributed by atoms with Crippen LogP contribution in [-0.2, 0) is 16.0 Å². The molecule has 0 bridgehead atoms. The Morgan fingerprint density at radius 3 is 2.66 bits per heavy atom. The third-order valence-electron chi connectivity index (χ3n) is 5.04. The molecule has 162 valence electrons. The summed E-state index contributed by atoms with van der Waals surface area (Å²) in [4.78, 5) is 37.9. The number of benzene rings is 2. The van der Waals surface area contributed by atoms with Gasteiger partial charge in [0.1, 0.15) is 11.5 Å². The van der Waals surface area contributed by atoms with Gasteiger partial charge in [0.05, 0.1) is 0 Å². The minimum absolute atomic E-state index is 0.163. The number of esters is 1. The zero-order chi connectivity index (χ0) is 22.5. The van der Waals surface area contributed by atoms with Crippen LogP contribution in [0.1, 0.15) is 23.0 Å². The van der Waals surface area contributed by atoms with Crippen molar-refractivity contribution in [2.24, 2.45) is 0 Å². The average molecular weight is 432 g/mol. The molecule has 4 aromatic rings. The van der Waals surface area contributed by atoms with E-state index in [9.17, 15) is 14.0 Å². The Morgan fingerprint density at radius 1 is 1.09 bits per heavy atom. The Bertz CT molecular complexity index is 1260. The van der Waals surface area contributed by atoms with Crippen molar-refractivity contribution in [3.8, 4) is 11.3 Å². The maximum atomic E-state index is 13.7. The van der Waals surface area contributed by atoms with Crippen LogP contribution in [0.2, 0.25) is 0 Å². The van der Waals surface area contributed by atoms with E-state index in [1.807, 2.05) is 30.3 Å². The highest BCUT2D eigenvalue weighted by molar-refractivity contribution is 5.98. The summed E-state index contributed by atoms with van der Waals surface area (Å²) < 4.78 is 18.8. The molecule has 7 nitrogen and oxygen atoms in total. The number of halogens is 1. The van der Waals surface area contributed by atoms with Gasteiger partial charge < -0.3 is 14.6 Å². The summed E-state index contributed by atoms with van der Waals surface area (Å²) in [5.74, 6) is -1.25. The van der Waals surface area contributed by atoms with Gasteiger partial charge in [0.15, 0.2) is 12.4 Å². The van der Waals surface area contributed by atoms with Gasteiger partial charge in [-0.25, -0.2) is 9.37 Å². The molecule has 1 amide bonds. The van der Waals surface area contributed by atoms with E-state index in [1.165, 1.54) is 36.4 Å². The third-order valence-corrected chi connectivity index (χ3v) is 5.04. The first-order valence-corrected chi connectivity index (χ1v) is 10.1. The maximum Gasteiger partial charge on any atom is 0.304 e. The van der Waals surface area contributed by atoms with Crippen LogP contribution in [0.25, 0.3) is 22.2 Å². The van der Waals surface area contributed by atoms with Crippen LogP contribution in [0.3, 0.4) is 0 Å². The number of aromatic amines is 1. The van der Waals surface area contributed by atoms with Gasteiger partial charge in [0, 0.05) is 48.5 Å². The van der Waals surface area contributed by atoms with Crippen molar-refractivity contribution in [1.82, 2.24) is 19.9 Å². The van der Waals surface area contributed by atoms with E-state index in [0.29, 0.717) is 12.1 Å². The Hall–Kier alpha value is -4.07. The second-order valence-electron chi connectivity index (χ2n) is 7.21. The van der Waals surface area contributed by atoms with Crippen LogP contribution < -0.4 is 0 Å². The molecule has 2 aromatic heterocycles. The summed E-state index contributed by atoms with van der Waals surface area (Å²) in [6.07, 6.45) is 5.19. The minimum Gasteiger partial charge on any atom is -0.444 e. The first-order chi connectivity index (χ1) is 15.5. The van der Waals surface area contributed by atoms with E-state index >= 15 is 0 Å². The second-order valence-corrected chi connectivity index (χ2v) is 7.21. The fourth-order valence-corrected chi connectivity index (χ4v) is 3.46. The molecule has 0 radical (unpaired) electrons. The normalized spacial score (nSPS) is 10.8. The standard InChI is InChI=1S/C24H21FN4O3/c1-16(30)32-15-29(12-9-18-14-28-21-8-7-19(25)13-20(18)21)24(31)23-22(26-10-11-27-23)17-5-3-2-4-6-17/h2-8,10-11,13-14,28H,9,12,15H2,1H3. The summed E-state index contributed by atoms with van der Waals surface area (Å²) >= 11 is 0. The van der Waals surface area contributed by atoms with Gasteiger partial charge in [-0.1, -0.05) is 30.3 Å². The van der Waals surface area contributed by atoms with E-state index in [-0.39, 0.29) is 24.8 Å². The third kappa shape index (κ3) is 4.64. The Balaban J connectivity index is 1.61. The zero-order valence-electron chi connectivity index (χ0n) is 17.4. The van der Waals surface area contributed by atoms with Gasteiger partial charge in [0.25, 0.3) is 5.91 Å². The topological polar surface area (TPSA) is 88.2 Å². The molecule has 0 saturated carbocycles. The highest BCUT2D eigenvalue weighted by atomic mass is 19.1. The van der Waals surface area contributed by atoms with Gasteiger partial charge in [0.2, 0.25) is 0 Å². The van der Waals surface area contributed by atoms with Crippen molar-refractivity contribution in [2.45, 2.75) is 13.3 Å². The molecule has 0 fully saturated rings. The molecular formula is C24H21FN4O3. The molecule has 0 aliphatic carbocycles. The number of nitrogens with one attached hydrogen (secondary N) is 1.